The van der Waals surface area contributed by atoms with E-state index in [0.717, 1.165) is 18.1 Å². The van der Waals surface area contributed by atoms with Gasteiger partial charge in [-0.05, 0) is 38.4 Å². The van der Waals surface area contributed by atoms with Crippen LogP contribution in [0.15, 0.2) is 11.8 Å². The monoisotopic (exact) mass is 243 g/mol. The maximum atomic E-state index is 5.76. The lowest BCUT2D eigenvalue weighted by Crippen LogP contribution is -2.30. The second-order valence-corrected chi connectivity index (χ2v) is 5.82. The van der Waals surface area contributed by atoms with Gasteiger partial charge in [-0.15, -0.1) is 0 Å². The molecule has 0 spiro atoms. The van der Waals surface area contributed by atoms with E-state index in [1.165, 1.54) is 19.4 Å². The van der Waals surface area contributed by atoms with Gasteiger partial charge in [0, 0.05) is 12.5 Å². The summed E-state index contributed by atoms with van der Waals surface area (Å²) in [6, 6.07) is 0.571. The summed E-state index contributed by atoms with van der Waals surface area (Å²) in [4.78, 5) is 2.41. The molecule has 0 aromatic heterocycles. The first-order valence-electron chi connectivity index (χ1n) is 5.98. The van der Waals surface area contributed by atoms with Crippen molar-refractivity contribution in [1.82, 2.24) is 4.90 Å². The molecule has 2 fully saturated rings. The van der Waals surface area contributed by atoms with Crippen LogP contribution in [0, 0.1) is 5.92 Å². The minimum absolute atomic E-state index is 0.571. The average Bonchev–Trinajstić information content (AvgIpc) is 2.90. The minimum Gasteiger partial charge on any atom is -0.432 e. The van der Waals surface area contributed by atoms with E-state index in [4.69, 9.17) is 13.6 Å². The molecule has 16 heavy (non-hydrogen) atoms. The topological polar surface area (TPSA) is 30.9 Å². The SMILES string of the molecule is CN1CCC2CCC(OP3OCCO3)=CC21. The number of fused-ring (bicyclic) bond motifs is 1. The highest BCUT2D eigenvalue weighted by molar-refractivity contribution is 7.42. The van der Waals surface area contributed by atoms with Crippen LogP contribution < -0.4 is 0 Å². The second-order valence-electron chi connectivity index (χ2n) is 4.67. The molecule has 0 aromatic rings. The van der Waals surface area contributed by atoms with Crippen molar-refractivity contribution in [2.45, 2.75) is 25.3 Å². The van der Waals surface area contributed by atoms with Crippen molar-refractivity contribution in [3.63, 3.8) is 0 Å². The number of likely N-dealkylation sites (tertiary alicyclic amines) is 1. The third kappa shape index (κ3) is 2.12. The zero-order chi connectivity index (χ0) is 11.0. The Kier molecular flexibility index (Phi) is 3.16. The lowest BCUT2D eigenvalue weighted by molar-refractivity contribution is 0.251. The van der Waals surface area contributed by atoms with Crippen molar-refractivity contribution in [1.29, 1.82) is 0 Å². The Morgan fingerprint density at radius 1 is 1.38 bits per heavy atom. The van der Waals surface area contributed by atoms with Crippen molar-refractivity contribution in [2.75, 3.05) is 26.8 Å². The maximum Gasteiger partial charge on any atom is 0.397 e. The average molecular weight is 243 g/mol. The first-order valence-corrected chi connectivity index (χ1v) is 7.07. The van der Waals surface area contributed by atoms with Crippen LogP contribution in [0.2, 0.25) is 0 Å². The number of nitrogens with zero attached hydrogens (tertiary/aromatic N) is 1. The maximum absolute atomic E-state index is 5.76. The summed E-state index contributed by atoms with van der Waals surface area (Å²) in [5.41, 5.74) is 0. The molecule has 0 amide bonds. The molecule has 0 bridgehead atoms. The van der Waals surface area contributed by atoms with Crippen LogP contribution in [0.25, 0.3) is 0 Å². The molecule has 3 aliphatic rings. The Hall–Kier alpha value is -0.150. The van der Waals surface area contributed by atoms with Crippen LogP contribution in [0.5, 0.6) is 0 Å². The summed E-state index contributed by atoms with van der Waals surface area (Å²) >= 11 is 0. The zero-order valence-electron chi connectivity index (χ0n) is 9.59. The van der Waals surface area contributed by atoms with Crippen molar-refractivity contribution >= 4 is 8.60 Å². The summed E-state index contributed by atoms with van der Waals surface area (Å²) in [6.07, 6.45) is 5.88. The molecule has 1 aliphatic carbocycles. The first-order chi connectivity index (χ1) is 7.83. The van der Waals surface area contributed by atoms with E-state index in [1.807, 2.05) is 0 Å². The molecule has 0 saturated carbocycles. The number of hydrogen-bond acceptors (Lipinski definition) is 4. The van der Waals surface area contributed by atoms with Crippen molar-refractivity contribution in [3.8, 4) is 0 Å². The van der Waals surface area contributed by atoms with E-state index in [0.29, 0.717) is 19.3 Å². The number of hydrogen-bond donors (Lipinski definition) is 0. The van der Waals surface area contributed by atoms with Crippen molar-refractivity contribution in [3.05, 3.63) is 11.8 Å². The predicted molar refractivity (Wildman–Crippen MR) is 61.8 cm³/mol. The molecule has 2 heterocycles. The van der Waals surface area contributed by atoms with Crippen molar-refractivity contribution < 1.29 is 13.6 Å². The van der Waals surface area contributed by atoms with E-state index in [1.54, 1.807) is 0 Å². The summed E-state index contributed by atoms with van der Waals surface area (Å²) in [5.74, 6) is 1.90. The highest BCUT2D eigenvalue weighted by atomic mass is 31.2. The molecule has 2 saturated heterocycles. The summed E-state index contributed by atoms with van der Waals surface area (Å²) in [5, 5.41) is 0. The van der Waals surface area contributed by atoms with E-state index in [2.05, 4.69) is 18.0 Å². The van der Waals surface area contributed by atoms with Gasteiger partial charge in [0.05, 0.1) is 13.2 Å². The normalized spacial score (nSPS) is 36.2. The molecule has 90 valence electrons. The predicted octanol–water partition coefficient (Wildman–Crippen LogP) is 2.27. The quantitative estimate of drug-likeness (QED) is 0.696. The van der Waals surface area contributed by atoms with Crippen LogP contribution >= 0.6 is 8.60 Å². The molecular weight excluding hydrogens is 225 g/mol. The van der Waals surface area contributed by atoms with Gasteiger partial charge >= 0.3 is 8.60 Å². The summed E-state index contributed by atoms with van der Waals surface area (Å²) < 4.78 is 16.5. The Morgan fingerprint density at radius 2 is 2.19 bits per heavy atom. The van der Waals surface area contributed by atoms with Gasteiger partial charge in [-0.2, -0.15) is 0 Å². The zero-order valence-corrected chi connectivity index (χ0v) is 10.5. The van der Waals surface area contributed by atoms with Crippen LogP contribution in [-0.2, 0) is 13.6 Å². The van der Waals surface area contributed by atoms with Gasteiger partial charge in [-0.3, -0.25) is 4.90 Å². The fourth-order valence-electron chi connectivity index (χ4n) is 2.71. The van der Waals surface area contributed by atoms with Crippen LogP contribution in [0.4, 0.5) is 0 Å². The fourth-order valence-corrected chi connectivity index (χ4v) is 3.69. The third-order valence-corrected chi connectivity index (χ3v) is 4.80. The molecule has 0 aromatic carbocycles. The van der Waals surface area contributed by atoms with Gasteiger partial charge in [0.25, 0.3) is 0 Å². The lowest BCUT2D eigenvalue weighted by atomic mass is 9.89. The van der Waals surface area contributed by atoms with Gasteiger partial charge in [0.15, 0.2) is 0 Å². The molecule has 2 unspecified atom stereocenters. The lowest BCUT2D eigenvalue weighted by Gasteiger charge is -2.28. The van der Waals surface area contributed by atoms with Crippen LogP contribution in [0.3, 0.4) is 0 Å². The fraction of sp³-hybridized carbons (Fsp3) is 0.818. The smallest absolute Gasteiger partial charge is 0.397 e. The largest absolute Gasteiger partial charge is 0.432 e. The van der Waals surface area contributed by atoms with Gasteiger partial charge in [0.2, 0.25) is 0 Å². The number of allylic oxidation sites excluding steroid dienone is 1. The van der Waals surface area contributed by atoms with Crippen molar-refractivity contribution in [2.24, 2.45) is 5.92 Å². The van der Waals surface area contributed by atoms with Gasteiger partial charge in [-0.25, -0.2) is 0 Å². The Morgan fingerprint density at radius 3 is 3.00 bits per heavy atom. The second kappa shape index (κ2) is 4.61. The molecule has 3 rings (SSSR count). The standard InChI is InChI=1S/C11H18NO3P/c1-12-5-4-9-2-3-10(8-11(9)12)15-16-13-6-7-14-16/h8-9,11H,2-7H2,1H3. The molecule has 2 aliphatic heterocycles. The third-order valence-electron chi connectivity index (χ3n) is 3.63. The van der Waals surface area contributed by atoms with E-state index < -0.39 is 8.60 Å². The van der Waals surface area contributed by atoms with Gasteiger partial charge in [0.1, 0.15) is 5.76 Å². The summed E-state index contributed by atoms with van der Waals surface area (Å²) in [6.45, 7) is 2.55. The van der Waals surface area contributed by atoms with E-state index in [9.17, 15) is 0 Å². The Balaban J connectivity index is 1.64. The van der Waals surface area contributed by atoms with Gasteiger partial charge in [-0.1, -0.05) is 0 Å². The number of rotatable bonds is 2. The Labute approximate surface area is 97.5 Å². The van der Waals surface area contributed by atoms with E-state index >= 15 is 0 Å². The summed E-state index contributed by atoms with van der Waals surface area (Å²) in [7, 11) is 1.11. The molecule has 5 heteroatoms. The molecule has 0 N–H and O–H groups in total. The van der Waals surface area contributed by atoms with Crippen LogP contribution in [0.1, 0.15) is 19.3 Å². The number of likely N-dealkylation sites (N-methyl/N-ethyl adjacent to an activating group) is 1. The van der Waals surface area contributed by atoms with E-state index in [-0.39, 0.29) is 0 Å². The first kappa shape index (κ1) is 11.0. The Bertz CT molecular complexity index is 291. The molecule has 2 atom stereocenters. The highest BCUT2D eigenvalue weighted by Crippen LogP contribution is 2.48. The molecule has 4 nitrogen and oxygen atoms in total. The molecular formula is C11H18NO3P. The van der Waals surface area contributed by atoms with Crippen LogP contribution in [-0.4, -0.2) is 37.7 Å². The molecule has 0 radical (unpaired) electrons. The van der Waals surface area contributed by atoms with Gasteiger partial charge < -0.3 is 13.6 Å². The highest BCUT2D eigenvalue weighted by Gasteiger charge is 2.34. The minimum atomic E-state index is -1.09.